The minimum Gasteiger partial charge on any atom is -0.490 e. The molecule has 0 saturated heterocycles. The second-order valence-electron chi connectivity index (χ2n) is 10.0. The fourth-order valence-corrected chi connectivity index (χ4v) is 6.13. The number of tetrazole rings is 1. The Bertz CT molecular complexity index is 1830. The molecule has 12 heteroatoms. The molecule has 1 aliphatic carbocycles. The molecule has 2 N–H and O–H groups in total. The van der Waals surface area contributed by atoms with E-state index in [1.807, 2.05) is 24.3 Å². The molecule has 0 radical (unpaired) electrons. The number of aromatic amines is 1. The molecule has 5 heterocycles. The molecule has 1 saturated carbocycles. The van der Waals surface area contributed by atoms with Crippen LogP contribution in [0.5, 0.6) is 5.75 Å². The second-order valence-corrected chi connectivity index (χ2v) is 10.5. The smallest absolute Gasteiger partial charge is 0.252 e. The van der Waals surface area contributed by atoms with Crippen LogP contribution in [-0.2, 0) is 0 Å². The van der Waals surface area contributed by atoms with E-state index >= 15 is 4.39 Å². The molecule has 39 heavy (non-hydrogen) atoms. The first-order valence-corrected chi connectivity index (χ1v) is 13.0. The van der Waals surface area contributed by atoms with E-state index < -0.39 is 5.95 Å². The van der Waals surface area contributed by atoms with E-state index in [0.29, 0.717) is 34.5 Å². The number of benzene rings is 2. The summed E-state index contributed by atoms with van der Waals surface area (Å²) in [5.41, 5.74) is 4.68. The minimum atomic E-state index is -0.603. The van der Waals surface area contributed by atoms with Gasteiger partial charge in [0.15, 0.2) is 0 Å². The molecule has 2 aromatic carbocycles. The highest BCUT2D eigenvalue weighted by Crippen LogP contribution is 2.60. The molecule has 5 aromatic rings. The summed E-state index contributed by atoms with van der Waals surface area (Å²) in [6, 6.07) is 14.1. The van der Waals surface area contributed by atoms with E-state index in [-0.39, 0.29) is 29.1 Å². The first kappa shape index (κ1) is 22.5. The SMILES string of the molecule is O=c1cc(-c2cc(Cl)ccc2-n2cnnn2)cc2n1C(c1nc(F)c(-c3ccc4c(c3)OCCN4)[nH]1)C1CC21. The standard InChI is InChI=1S/C27H20ClFN8O2/c28-15-2-4-20(36-12-31-34-35-36)16(10-15)14-7-21-17-11-18(17)25(37(21)23(38)9-14)27-32-24(26(29)33-27)13-1-3-19-22(8-13)39-6-5-30-19/h1-4,7-10,12,17-18,25,30H,5-6,11H2,(H,32,33). The van der Waals surface area contributed by atoms with Crippen molar-refractivity contribution in [3.63, 3.8) is 0 Å². The number of rotatable bonds is 4. The summed E-state index contributed by atoms with van der Waals surface area (Å²) >= 11 is 6.33. The number of imidazole rings is 1. The Kier molecular flexibility index (Phi) is 4.75. The largest absolute Gasteiger partial charge is 0.490 e. The predicted molar refractivity (Wildman–Crippen MR) is 141 cm³/mol. The number of nitrogens with zero attached hydrogens (tertiary/aromatic N) is 6. The maximum atomic E-state index is 15.2. The number of aromatic nitrogens is 7. The zero-order chi connectivity index (χ0) is 26.2. The second kappa shape index (κ2) is 8.24. The molecule has 10 nitrogen and oxygen atoms in total. The topological polar surface area (TPSA) is 116 Å². The van der Waals surface area contributed by atoms with Crippen molar-refractivity contribution in [2.45, 2.75) is 18.4 Å². The van der Waals surface area contributed by atoms with Gasteiger partial charge < -0.3 is 19.6 Å². The first-order valence-electron chi connectivity index (χ1n) is 12.6. The van der Waals surface area contributed by atoms with Crippen molar-refractivity contribution in [1.82, 2.24) is 34.7 Å². The van der Waals surface area contributed by atoms with Crippen molar-refractivity contribution < 1.29 is 9.13 Å². The molecular weight excluding hydrogens is 523 g/mol. The van der Waals surface area contributed by atoms with Gasteiger partial charge in [-0.05, 0) is 64.7 Å². The zero-order valence-electron chi connectivity index (χ0n) is 20.3. The average molecular weight is 543 g/mol. The van der Waals surface area contributed by atoms with Crippen molar-refractivity contribution in [2.24, 2.45) is 5.92 Å². The highest BCUT2D eigenvalue weighted by atomic mass is 35.5. The van der Waals surface area contributed by atoms with Crippen molar-refractivity contribution >= 4 is 17.3 Å². The molecule has 3 aliphatic rings. The molecule has 0 spiro atoms. The number of hydrogen-bond acceptors (Lipinski definition) is 7. The quantitative estimate of drug-likeness (QED) is 0.350. The zero-order valence-corrected chi connectivity index (χ0v) is 21.1. The van der Waals surface area contributed by atoms with Gasteiger partial charge in [-0.1, -0.05) is 17.7 Å². The van der Waals surface area contributed by atoms with Gasteiger partial charge in [0.2, 0.25) is 5.95 Å². The number of pyridine rings is 1. The number of anilines is 1. The summed E-state index contributed by atoms with van der Waals surface area (Å²) in [5.74, 6) is 0.874. The molecule has 194 valence electrons. The fourth-order valence-electron chi connectivity index (χ4n) is 5.96. The number of halogens is 2. The first-order chi connectivity index (χ1) is 19.0. The van der Waals surface area contributed by atoms with Gasteiger partial charge >= 0.3 is 0 Å². The molecule has 3 atom stereocenters. The van der Waals surface area contributed by atoms with Gasteiger partial charge in [0.25, 0.3) is 5.56 Å². The Hall–Kier alpha value is -4.51. The third kappa shape index (κ3) is 3.49. The molecule has 3 unspecified atom stereocenters. The van der Waals surface area contributed by atoms with Crippen LogP contribution in [0.3, 0.4) is 0 Å². The van der Waals surface area contributed by atoms with E-state index in [1.54, 1.807) is 28.8 Å². The van der Waals surface area contributed by atoms with Gasteiger partial charge in [0.05, 0.1) is 17.4 Å². The number of fused-ring (bicyclic) bond motifs is 4. The van der Waals surface area contributed by atoms with Crippen molar-refractivity contribution in [1.29, 1.82) is 0 Å². The summed E-state index contributed by atoms with van der Waals surface area (Å²) in [6.07, 6.45) is 2.40. The Morgan fingerprint density at radius 1 is 1.10 bits per heavy atom. The number of ether oxygens (including phenoxy) is 1. The van der Waals surface area contributed by atoms with E-state index in [0.717, 1.165) is 35.5 Å². The van der Waals surface area contributed by atoms with Crippen LogP contribution >= 0.6 is 11.6 Å². The molecule has 1 fully saturated rings. The van der Waals surface area contributed by atoms with Crippen LogP contribution in [-0.4, -0.2) is 47.9 Å². The normalized spacial score (nSPS) is 20.5. The van der Waals surface area contributed by atoms with Crippen LogP contribution in [0, 0.1) is 11.9 Å². The van der Waals surface area contributed by atoms with Gasteiger partial charge in [0.1, 0.15) is 30.2 Å². The summed E-state index contributed by atoms with van der Waals surface area (Å²) in [6.45, 7) is 1.28. The van der Waals surface area contributed by atoms with Crippen LogP contribution in [0.4, 0.5) is 10.1 Å². The Morgan fingerprint density at radius 3 is 2.90 bits per heavy atom. The minimum absolute atomic E-state index is 0.167. The summed E-state index contributed by atoms with van der Waals surface area (Å²) in [4.78, 5) is 21.0. The monoisotopic (exact) mass is 542 g/mol. The predicted octanol–water partition coefficient (Wildman–Crippen LogP) is 4.18. The Labute approximate surface area is 225 Å². The van der Waals surface area contributed by atoms with Crippen LogP contribution < -0.4 is 15.6 Å². The van der Waals surface area contributed by atoms with Gasteiger partial charge in [-0.3, -0.25) is 4.79 Å². The molecular formula is C27H20ClFN8O2. The Balaban J connectivity index is 1.20. The third-order valence-electron chi connectivity index (χ3n) is 7.77. The summed E-state index contributed by atoms with van der Waals surface area (Å²) < 4.78 is 24.2. The van der Waals surface area contributed by atoms with Gasteiger partial charge in [0, 0.05) is 40.4 Å². The van der Waals surface area contributed by atoms with E-state index in [1.165, 1.54) is 11.0 Å². The summed E-state index contributed by atoms with van der Waals surface area (Å²) in [7, 11) is 0. The summed E-state index contributed by atoms with van der Waals surface area (Å²) in [5, 5.41) is 15.3. The van der Waals surface area contributed by atoms with Crippen molar-refractivity contribution in [3.05, 3.63) is 87.7 Å². The lowest BCUT2D eigenvalue weighted by atomic mass is 10.0. The van der Waals surface area contributed by atoms with Gasteiger partial charge in [-0.25, -0.2) is 4.98 Å². The van der Waals surface area contributed by atoms with E-state index in [2.05, 4.69) is 30.8 Å². The van der Waals surface area contributed by atoms with Crippen LogP contribution in [0.2, 0.25) is 5.02 Å². The molecule has 8 rings (SSSR count). The van der Waals surface area contributed by atoms with E-state index in [4.69, 9.17) is 16.3 Å². The third-order valence-corrected chi connectivity index (χ3v) is 8.01. The molecule has 3 aromatic heterocycles. The molecule has 0 amide bonds. The van der Waals surface area contributed by atoms with Crippen LogP contribution in [0.25, 0.3) is 28.1 Å². The Morgan fingerprint density at radius 2 is 2.03 bits per heavy atom. The van der Waals surface area contributed by atoms with Crippen molar-refractivity contribution in [2.75, 3.05) is 18.5 Å². The number of nitrogens with one attached hydrogen (secondary N) is 2. The molecule has 2 aliphatic heterocycles. The lowest BCUT2D eigenvalue weighted by Crippen LogP contribution is -2.26. The lowest BCUT2D eigenvalue weighted by molar-refractivity contribution is 0.323. The lowest BCUT2D eigenvalue weighted by Gasteiger charge is -2.19. The van der Waals surface area contributed by atoms with Crippen molar-refractivity contribution in [3.8, 4) is 33.8 Å². The maximum Gasteiger partial charge on any atom is 0.252 e. The van der Waals surface area contributed by atoms with Gasteiger partial charge in [-0.2, -0.15) is 9.07 Å². The van der Waals surface area contributed by atoms with Crippen LogP contribution in [0.1, 0.15) is 29.9 Å². The maximum absolute atomic E-state index is 15.2. The number of H-pyrrole nitrogens is 1. The van der Waals surface area contributed by atoms with Crippen LogP contribution in [0.15, 0.2) is 59.7 Å². The highest BCUT2D eigenvalue weighted by molar-refractivity contribution is 6.31. The molecule has 0 bridgehead atoms. The average Bonchev–Trinajstić information content (AvgIpc) is 3.25. The van der Waals surface area contributed by atoms with E-state index in [9.17, 15) is 4.79 Å². The van der Waals surface area contributed by atoms with Gasteiger partial charge in [-0.15, -0.1) is 5.10 Å². The number of hydrogen-bond donors (Lipinski definition) is 2. The fraction of sp³-hybridized carbons (Fsp3) is 0.222. The highest BCUT2D eigenvalue weighted by Gasteiger charge is 2.54.